The largest absolute Gasteiger partial charge is 0.320 e. The van der Waals surface area contributed by atoms with Crippen molar-refractivity contribution in [3.05, 3.63) is 103 Å². The second-order valence-electron chi connectivity index (χ2n) is 6.94. The zero-order valence-electron chi connectivity index (χ0n) is 17.1. The second kappa shape index (κ2) is 9.04. The Balaban J connectivity index is 1.97. The lowest BCUT2D eigenvalue weighted by Gasteiger charge is -2.15. The van der Waals surface area contributed by atoms with Crippen LogP contribution in [-0.2, 0) is 0 Å². The number of carbonyl (C=O) groups excluding carboxylic acids is 2. The minimum absolute atomic E-state index is 0.147. The molecule has 0 fully saturated rings. The van der Waals surface area contributed by atoms with Gasteiger partial charge in [0.25, 0.3) is 23.2 Å². The molecule has 0 saturated carbocycles. The molecule has 162 valence electrons. The third kappa shape index (κ3) is 4.59. The van der Waals surface area contributed by atoms with E-state index in [-0.39, 0.29) is 33.9 Å². The van der Waals surface area contributed by atoms with Gasteiger partial charge in [-0.1, -0.05) is 24.3 Å². The van der Waals surface area contributed by atoms with E-state index in [0.29, 0.717) is 0 Å². The number of hydrogen-bond acceptors (Lipinski definition) is 6. The van der Waals surface area contributed by atoms with Gasteiger partial charge in [0.05, 0.1) is 21.2 Å². The van der Waals surface area contributed by atoms with Crippen LogP contribution in [0.5, 0.6) is 0 Å². The molecule has 2 amide bonds. The van der Waals surface area contributed by atoms with E-state index in [0.717, 1.165) is 11.1 Å². The summed E-state index contributed by atoms with van der Waals surface area (Å²) in [6.07, 6.45) is 0. The Kier molecular flexibility index (Phi) is 6.24. The number of amides is 2. The minimum atomic E-state index is -0.734. The summed E-state index contributed by atoms with van der Waals surface area (Å²) in [5, 5.41) is 27.7. The number of nitro benzene ring substituents is 2. The first kappa shape index (κ1) is 22.1. The molecule has 3 aromatic rings. The van der Waals surface area contributed by atoms with Crippen LogP contribution in [-0.4, -0.2) is 21.7 Å². The fraction of sp³-hybridized carbons (Fsp3) is 0.0909. The molecule has 0 unspecified atom stereocenters. The highest BCUT2D eigenvalue weighted by Crippen LogP contribution is 2.29. The Hall–Kier alpha value is -4.60. The van der Waals surface area contributed by atoms with E-state index in [1.54, 1.807) is 26.0 Å². The first-order valence-electron chi connectivity index (χ1n) is 9.40. The lowest BCUT2D eigenvalue weighted by Crippen LogP contribution is -2.18. The van der Waals surface area contributed by atoms with Crippen molar-refractivity contribution in [2.45, 2.75) is 13.8 Å². The quantitative estimate of drug-likeness (QED) is 0.428. The van der Waals surface area contributed by atoms with Gasteiger partial charge in [0.15, 0.2) is 0 Å². The Morgan fingerprint density at radius 3 is 1.38 bits per heavy atom. The van der Waals surface area contributed by atoms with Crippen molar-refractivity contribution < 1.29 is 19.4 Å². The van der Waals surface area contributed by atoms with Gasteiger partial charge in [-0.25, -0.2) is 0 Å². The predicted octanol–water partition coefficient (Wildman–Crippen LogP) is 4.62. The highest BCUT2D eigenvalue weighted by atomic mass is 16.6. The highest BCUT2D eigenvalue weighted by Gasteiger charge is 2.23. The average molecular weight is 434 g/mol. The third-order valence-electron chi connectivity index (χ3n) is 4.82. The summed E-state index contributed by atoms with van der Waals surface area (Å²) in [5.41, 5.74) is 0.974. The van der Waals surface area contributed by atoms with Gasteiger partial charge in [0, 0.05) is 12.1 Å². The lowest BCUT2D eigenvalue weighted by molar-refractivity contribution is -0.385. The molecule has 0 aliphatic carbocycles. The van der Waals surface area contributed by atoms with Gasteiger partial charge in [-0.15, -0.1) is 0 Å². The van der Waals surface area contributed by atoms with Crippen molar-refractivity contribution in [3.63, 3.8) is 0 Å². The van der Waals surface area contributed by atoms with Gasteiger partial charge in [-0.2, -0.15) is 0 Å². The van der Waals surface area contributed by atoms with Gasteiger partial charge in [-0.05, 0) is 49.2 Å². The number of carbonyl (C=O) groups is 2. The van der Waals surface area contributed by atoms with Gasteiger partial charge in [-0.3, -0.25) is 29.8 Å². The first-order valence-corrected chi connectivity index (χ1v) is 9.40. The average Bonchev–Trinajstić information content (AvgIpc) is 2.76. The Labute approximate surface area is 182 Å². The number of nitrogens with one attached hydrogen (secondary N) is 2. The zero-order chi connectivity index (χ0) is 23.4. The van der Waals surface area contributed by atoms with Crippen molar-refractivity contribution in [2.75, 3.05) is 10.6 Å². The van der Waals surface area contributed by atoms with Crippen LogP contribution in [0, 0.1) is 34.1 Å². The van der Waals surface area contributed by atoms with Crippen molar-refractivity contribution in [3.8, 4) is 0 Å². The summed E-state index contributed by atoms with van der Waals surface area (Å²) < 4.78 is 0. The molecule has 3 aromatic carbocycles. The molecule has 0 aliphatic rings. The van der Waals surface area contributed by atoms with Crippen molar-refractivity contribution >= 4 is 34.6 Å². The zero-order valence-corrected chi connectivity index (χ0v) is 17.1. The lowest BCUT2D eigenvalue weighted by atomic mass is 10.1. The van der Waals surface area contributed by atoms with Crippen LogP contribution in [0.4, 0.5) is 22.7 Å². The van der Waals surface area contributed by atoms with E-state index in [1.165, 1.54) is 48.5 Å². The van der Waals surface area contributed by atoms with Crippen LogP contribution in [0.25, 0.3) is 0 Å². The van der Waals surface area contributed by atoms with Crippen LogP contribution in [0.3, 0.4) is 0 Å². The molecule has 0 heterocycles. The van der Waals surface area contributed by atoms with Crippen molar-refractivity contribution in [1.82, 2.24) is 0 Å². The molecule has 0 atom stereocenters. The number of hydrogen-bond donors (Lipinski definition) is 2. The van der Waals surface area contributed by atoms with Crippen molar-refractivity contribution in [2.24, 2.45) is 0 Å². The van der Waals surface area contributed by atoms with Crippen LogP contribution >= 0.6 is 0 Å². The molecular weight excluding hydrogens is 416 g/mol. The molecule has 0 aliphatic heterocycles. The molecule has 0 aromatic heterocycles. The molecule has 0 spiro atoms. The van der Waals surface area contributed by atoms with E-state index in [2.05, 4.69) is 10.6 Å². The number of nitrogens with zero attached hydrogens (tertiary/aromatic N) is 2. The highest BCUT2D eigenvalue weighted by molar-refractivity contribution is 6.12. The van der Waals surface area contributed by atoms with Crippen LogP contribution < -0.4 is 10.6 Å². The maximum absolute atomic E-state index is 12.8. The molecule has 10 nitrogen and oxygen atoms in total. The predicted molar refractivity (Wildman–Crippen MR) is 118 cm³/mol. The first-order chi connectivity index (χ1) is 15.2. The van der Waals surface area contributed by atoms with Crippen LogP contribution in [0.1, 0.15) is 31.8 Å². The molecule has 0 bridgehead atoms. The van der Waals surface area contributed by atoms with E-state index in [1.807, 2.05) is 0 Å². The summed E-state index contributed by atoms with van der Waals surface area (Å²) in [5.74, 6) is -1.47. The number of anilines is 2. The maximum Gasteiger partial charge on any atom is 0.282 e. The molecule has 10 heteroatoms. The third-order valence-corrected chi connectivity index (χ3v) is 4.82. The van der Waals surface area contributed by atoms with E-state index in [9.17, 15) is 29.8 Å². The Bertz CT molecular complexity index is 1160. The standard InChI is InChI=1S/C22H18N4O6/c1-13-11-17(23-21(27)15-7-3-5-9-19(15)25(29)30)18(12-14(13)2)24-22(28)16-8-4-6-10-20(16)26(31)32/h3-12H,1-2H3,(H,23,27)(H,24,28). The Morgan fingerprint density at radius 1 is 0.688 bits per heavy atom. The summed E-state index contributed by atoms with van der Waals surface area (Å²) >= 11 is 0. The van der Waals surface area contributed by atoms with Gasteiger partial charge < -0.3 is 10.6 Å². The summed E-state index contributed by atoms with van der Waals surface area (Å²) in [4.78, 5) is 46.7. The van der Waals surface area contributed by atoms with Gasteiger partial charge in [0.1, 0.15) is 11.1 Å². The summed E-state index contributed by atoms with van der Waals surface area (Å²) in [6.45, 7) is 3.59. The van der Waals surface area contributed by atoms with E-state index >= 15 is 0 Å². The smallest absolute Gasteiger partial charge is 0.282 e. The number of para-hydroxylation sites is 2. The van der Waals surface area contributed by atoms with Crippen LogP contribution in [0.2, 0.25) is 0 Å². The molecule has 0 saturated heterocycles. The fourth-order valence-corrected chi connectivity index (χ4v) is 3.05. The normalized spacial score (nSPS) is 10.3. The van der Waals surface area contributed by atoms with E-state index < -0.39 is 21.7 Å². The summed E-state index contributed by atoms with van der Waals surface area (Å²) in [7, 11) is 0. The number of rotatable bonds is 6. The molecular formula is C22H18N4O6. The Morgan fingerprint density at radius 2 is 1.03 bits per heavy atom. The van der Waals surface area contributed by atoms with Crippen molar-refractivity contribution in [1.29, 1.82) is 0 Å². The molecule has 2 N–H and O–H groups in total. The molecule has 32 heavy (non-hydrogen) atoms. The van der Waals surface area contributed by atoms with Gasteiger partial charge >= 0.3 is 0 Å². The topological polar surface area (TPSA) is 144 Å². The van der Waals surface area contributed by atoms with Gasteiger partial charge in [0.2, 0.25) is 0 Å². The minimum Gasteiger partial charge on any atom is -0.320 e. The number of nitro groups is 2. The summed E-state index contributed by atoms with van der Waals surface area (Å²) in [6, 6.07) is 14.2. The van der Waals surface area contributed by atoms with E-state index in [4.69, 9.17) is 0 Å². The number of aryl methyl sites for hydroxylation is 2. The molecule has 0 radical (unpaired) electrons. The molecule has 3 rings (SSSR count). The second-order valence-corrected chi connectivity index (χ2v) is 6.94. The number of benzene rings is 3. The maximum atomic E-state index is 12.8. The monoisotopic (exact) mass is 434 g/mol. The fourth-order valence-electron chi connectivity index (χ4n) is 3.05. The van der Waals surface area contributed by atoms with Crippen LogP contribution in [0.15, 0.2) is 60.7 Å². The SMILES string of the molecule is Cc1cc(NC(=O)c2ccccc2[N+](=O)[O-])c(NC(=O)c2ccccc2[N+](=O)[O-])cc1C.